The minimum absolute atomic E-state index is 0.736. The molecule has 0 radical (unpaired) electrons. The zero-order valence-electron chi connectivity index (χ0n) is 16.1. The average Bonchev–Trinajstić information content (AvgIpc) is 3.24. The number of nitrogens with zero attached hydrogens (tertiary/aromatic N) is 5. The van der Waals surface area contributed by atoms with E-state index in [2.05, 4.69) is 20.3 Å². The second kappa shape index (κ2) is 7.39. The molecule has 0 unspecified atom stereocenters. The Morgan fingerprint density at radius 1 is 0.759 bits per heavy atom. The van der Waals surface area contributed by atoms with Gasteiger partial charge in [-0.25, -0.2) is 19.9 Å². The molecule has 0 amide bonds. The summed E-state index contributed by atoms with van der Waals surface area (Å²) in [6.07, 6.45) is 8.44. The standard InChI is InChI=1S/C23H20N6/c1-15-9-14-25-21(26-15)16-5-7-18(8-6-16)27-23-19-3-2-4-20(19)28-22(29-23)17-10-12-24-13-11-17/h5-14H,2-4H2,1H3,(H,27,28,29). The van der Waals surface area contributed by atoms with E-state index in [0.717, 1.165) is 64.9 Å². The van der Waals surface area contributed by atoms with Crippen LogP contribution in [0.15, 0.2) is 61.1 Å². The summed E-state index contributed by atoms with van der Waals surface area (Å²) in [5.41, 5.74) is 6.26. The number of hydrogen-bond donors (Lipinski definition) is 1. The van der Waals surface area contributed by atoms with Crippen LogP contribution in [-0.2, 0) is 12.8 Å². The SMILES string of the molecule is Cc1ccnc(-c2ccc(Nc3nc(-c4ccncc4)nc4c3CCC4)cc2)n1. The highest BCUT2D eigenvalue weighted by molar-refractivity contribution is 5.67. The molecular formula is C23H20N6. The first kappa shape index (κ1) is 17.4. The van der Waals surface area contributed by atoms with Gasteiger partial charge >= 0.3 is 0 Å². The Morgan fingerprint density at radius 2 is 1.55 bits per heavy atom. The molecule has 0 fully saturated rings. The van der Waals surface area contributed by atoms with E-state index in [9.17, 15) is 0 Å². The van der Waals surface area contributed by atoms with Gasteiger partial charge < -0.3 is 5.32 Å². The molecule has 29 heavy (non-hydrogen) atoms. The van der Waals surface area contributed by atoms with Gasteiger partial charge in [-0.15, -0.1) is 0 Å². The van der Waals surface area contributed by atoms with Crippen LogP contribution in [0.3, 0.4) is 0 Å². The molecule has 3 aromatic heterocycles. The lowest BCUT2D eigenvalue weighted by Gasteiger charge is -2.13. The van der Waals surface area contributed by atoms with Crippen LogP contribution >= 0.6 is 0 Å². The summed E-state index contributed by atoms with van der Waals surface area (Å²) in [6, 6.07) is 13.9. The Kier molecular flexibility index (Phi) is 4.44. The van der Waals surface area contributed by atoms with Crippen molar-refractivity contribution < 1.29 is 0 Å². The fourth-order valence-corrected chi connectivity index (χ4v) is 3.59. The number of nitrogens with one attached hydrogen (secondary N) is 1. The molecule has 5 rings (SSSR count). The highest BCUT2D eigenvalue weighted by Gasteiger charge is 2.20. The molecule has 1 N–H and O–H groups in total. The maximum Gasteiger partial charge on any atom is 0.161 e. The Labute approximate surface area is 169 Å². The van der Waals surface area contributed by atoms with Gasteiger partial charge in [-0.05, 0) is 68.7 Å². The smallest absolute Gasteiger partial charge is 0.161 e. The molecule has 1 aliphatic rings. The van der Waals surface area contributed by atoms with Gasteiger partial charge in [-0.1, -0.05) is 0 Å². The predicted octanol–water partition coefficient (Wildman–Crippen LogP) is 4.54. The molecule has 0 saturated carbocycles. The Balaban J connectivity index is 1.46. The minimum Gasteiger partial charge on any atom is -0.340 e. The zero-order valence-corrected chi connectivity index (χ0v) is 16.1. The number of fused-ring (bicyclic) bond motifs is 1. The zero-order chi connectivity index (χ0) is 19.6. The van der Waals surface area contributed by atoms with Crippen molar-refractivity contribution in [2.45, 2.75) is 26.2 Å². The van der Waals surface area contributed by atoms with Gasteiger partial charge in [0.1, 0.15) is 5.82 Å². The molecule has 6 nitrogen and oxygen atoms in total. The quantitative estimate of drug-likeness (QED) is 0.560. The second-order valence-corrected chi connectivity index (χ2v) is 7.13. The Morgan fingerprint density at radius 3 is 2.34 bits per heavy atom. The van der Waals surface area contributed by atoms with Gasteiger partial charge in [0.05, 0.1) is 0 Å². The second-order valence-electron chi connectivity index (χ2n) is 7.13. The van der Waals surface area contributed by atoms with Gasteiger partial charge in [-0.3, -0.25) is 4.98 Å². The lowest BCUT2D eigenvalue weighted by atomic mass is 10.1. The van der Waals surface area contributed by atoms with Crippen LogP contribution in [0.5, 0.6) is 0 Å². The van der Waals surface area contributed by atoms with E-state index in [1.54, 1.807) is 18.6 Å². The van der Waals surface area contributed by atoms with Gasteiger partial charge in [0.2, 0.25) is 0 Å². The summed E-state index contributed by atoms with van der Waals surface area (Å²) in [7, 11) is 0. The predicted molar refractivity (Wildman–Crippen MR) is 113 cm³/mol. The monoisotopic (exact) mass is 380 g/mol. The van der Waals surface area contributed by atoms with E-state index in [-0.39, 0.29) is 0 Å². The van der Waals surface area contributed by atoms with Crippen molar-refractivity contribution in [1.29, 1.82) is 0 Å². The van der Waals surface area contributed by atoms with E-state index in [1.807, 2.05) is 49.4 Å². The highest BCUT2D eigenvalue weighted by atomic mass is 15.0. The van der Waals surface area contributed by atoms with Gasteiger partial charge in [0.15, 0.2) is 11.6 Å². The molecule has 1 aromatic carbocycles. The fourth-order valence-electron chi connectivity index (χ4n) is 3.59. The summed E-state index contributed by atoms with van der Waals surface area (Å²) in [5, 5.41) is 3.50. The summed E-state index contributed by atoms with van der Waals surface area (Å²) >= 11 is 0. The third-order valence-corrected chi connectivity index (χ3v) is 5.07. The minimum atomic E-state index is 0.736. The lowest BCUT2D eigenvalue weighted by Crippen LogP contribution is -2.04. The van der Waals surface area contributed by atoms with Gasteiger partial charge in [0, 0.05) is 52.4 Å². The van der Waals surface area contributed by atoms with Crippen molar-refractivity contribution >= 4 is 11.5 Å². The van der Waals surface area contributed by atoms with Crippen molar-refractivity contribution in [1.82, 2.24) is 24.9 Å². The summed E-state index contributed by atoms with van der Waals surface area (Å²) < 4.78 is 0. The van der Waals surface area contributed by atoms with Crippen molar-refractivity contribution in [2.24, 2.45) is 0 Å². The summed E-state index contributed by atoms with van der Waals surface area (Å²) in [4.78, 5) is 22.6. The first-order valence-corrected chi connectivity index (χ1v) is 9.73. The molecule has 142 valence electrons. The Bertz CT molecular complexity index is 1160. The Hall–Kier alpha value is -3.67. The average molecular weight is 380 g/mol. The number of pyridine rings is 1. The number of benzene rings is 1. The molecule has 4 aromatic rings. The normalized spacial score (nSPS) is 12.6. The molecule has 0 atom stereocenters. The molecule has 3 heterocycles. The van der Waals surface area contributed by atoms with E-state index in [4.69, 9.17) is 9.97 Å². The number of aryl methyl sites for hydroxylation is 2. The van der Waals surface area contributed by atoms with Gasteiger partial charge in [-0.2, -0.15) is 0 Å². The first-order valence-electron chi connectivity index (χ1n) is 9.73. The van der Waals surface area contributed by atoms with Crippen molar-refractivity contribution in [3.63, 3.8) is 0 Å². The molecule has 6 heteroatoms. The third kappa shape index (κ3) is 3.57. The van der Waals surface area contributed by atoms with Crippen molar-refractivity contribution in [2.75, 3.05) is 5.32 Å². The van der Waals surface area contributed by atoms with Crippen LogP contribution in [0.1, 0.15) is 23.4 Å². The van der Waals surface area contributed by atoms with E-state index >= 15 is 0 Å². The van der Waals surface area contributed by atoms with Crippen LogP contribution in [0.2, 0.25) is 0 Å². The number of aromatic nitrogens is 5. The van der Waals surface area contributed by atoms with E-state index in [0.29, 0.717) is 0 Å². The van der Waals surface area contributed by atoms with Crippen LogP contribution in [0.25, 0.3) is 22.8 Å². The number of rotatable bonds is 4. The number of anilines is 2. The molecule has 0 spiro atoms. The van der Waals surface area contributed by atoms with Gasteiger partial charge in [0.25, 0.3) is 0 Å². The molecule has 1 aliphatic carbocycles. The maximum absolute atomic E-state index is 4.83. The van der Waals surface area contributed by atoms with E-state index < -0.39 is 0 Å². The lowest BCUT2D eigenvalue weighted by molar-refractivity contribution is 0.900. The third-order valence-electron chi connectivity index (χ3n) is 5.07. The summed E-state index contributed by atoms with van der Waals surface area (Å²) in [5.74, 6) is 2.36. The molecule has 0 aliphatic heterocycles. The maximum atomic E-state index is 4.83. The molecule has 0 saturated heterocycles. The van der Waals surface area contributed by atoms with E-state index in [1.165, 1.54) is 5.56 Å². The van der Waals surface area contributed by atoms with Crippen molar-refractivity contribution in [3.8, 4) is 22.8 Å². The fraction of sp³-hybridized carbons (Fsp3) is 0.174. The van der Waals surface area contributed by atoms with Crippen LogP contribution in [0, 0.1) is 6.92 Å². The van der Waals surface area contributed by atoms with Crippen molar-refractivity contribution in [3.05, 3.63) is 78.0 Å². The largest absolute Gasteiger partial charge is 0.340 e. The van der Waals surface area contributed by atoms with Crippen LogP contribution < -0.4 is 5.32 Å². The highest BCUT2D eigenvalue weighted by Crippen LogP contribution is 2.31. The molecular weight excluding hydrogens is 360 g/mol. The first-order chi connectivity index (χ1) is 14.3. The number of hydrogen-bond acceptors (Lipinski definition) is 6. The summed E-state index contributed by atoms with van der Waals surface area (Å²) in [6.45, 7) is 1.97. The van der Waals surface area contributed by atoms with Crippen LogP contribution in [0.4, 0.5) is 11.5 Å². The molecule has 0 bridgehead atoms. The topological polar surface area (TPSA) is 76.5 Å². The van der Waals surface area contributed by atoms with Crippen LogP contribution in [-0.4, -0.2) is 24.9 Å².